The molecule has 0 heterocycles. The molecule has 0 nitrogen and oxygen atoms in total. The monoisotopic (exact) mass is 252 g/mol. The Morgan fingerprint density at radius 2 is 1.92 bits per heavy atom. The lowest BCUT2D eigenvalue weighted by atomic mass is 10.2. The van der Waals surface area contributed by atoms with E-state index in [1.165, 1.54) is 16.2 Å². The molecule has 0 aromatic heterocycles. The van der Waals surface area contributed by atoms with Crippen LogP contribution in [0.3, 0.4) is 0 Å². The van der Waals surface area contributed by atoms with Gasteiger partial charge in [-0.2, -0.15) is 0 Å². The molecule has 0 aliphatic heterocycles. The topological polar surface area (TPSA) is 0 Å². The maximum atomic E-state index is 2.86. The van der Waals surface area contributed by atoms with Crippen molar-refractivity contribution in [3.63, 3.8) is 0 Å². The third kappa shape index (κ3) is 3.26. The minimum atomic E-state index is -0.105. The van der Waals surface area contributed by atoms with E-state index in [1.807, 2.05) is 0 Å². The lowest BCUT2D eigenvalue weighted by Gasteiger charge is -2.08. The highest BCUT2D eigenvalue weighted by Crippen LogP contribution is 2.51. The van der Waals surface area contributed by atoms with Crippen LogP contribution in [0.15, 0.2) is 18.2 Å². The van der Waals surface area contributed by atoms with Crippen LogP contribution in [0, 0.1) is 6.92 Å². The van der Waals surface area contributed by atoms with Crippen molar-refractivity contribution in [3.05, 3.63) is 23.8 Å². The molecule has 1 aromatic rings. The van der Waals surface area contributed by atoms with E-state index in [2.05, 4.69) is 51.9 Å². The van der Waals surface area contributed by atoms with Crippen molar-refractivity contribution in [3.8, 4) is 0 Å². The fourth-order valence-electron chi connectivity index (χ4n) is 0.995. The van der Waals surface area contributed by atoms with E-state index in [9.17, 15) is 0 Å². The summed E-state index contributed by atoms with van der Waals surface area (Å²) < 4.78 is 0. The third-order valence-electron chi connectivity index (χ3n) is 1.53. The molecule has 4 unspecified atom stereocenters. The van der Waals surface area contributed by atoms with Gasteiger partial charge in [0, 0.05) is 0 Å². The summed E-state index contributed by atoms with van der Waals surface area (Å²) in [5.74, 6) is 0. The fraction of sp³-hybridized carbons (Fsp3) is 0.143. The highest BCUT2D eigenvalue weighted by atomic mass is 32.4. The van der Waals surface area contributed by atoms with Crippen molar-refractivity contribution < 1.29 is 0 Å². The molecule has 0 amide bonds. The molecule has 0 fully saturated rings. The minimum absolute atomic E-state index is 0.105. The van der Waals surface area contributed by atoms with Gasteiger partial charge in [0.15, 0.2) is 0 Å². The van der Waals surface area contributed by atoms with Crippen LogP contribution in [0.2, 0.25) is 0 Å². The SMILES string of the molecule is Cc1cc(PP)cc(P(P)P)c1. The number of rotatable bonds is 2. The molecule has 0 spiro atoms. The van der Waals surface area contributed by atoms with Crippen LogP contribution in [0.25, 0.3) is 0 Å². The Labute approximate surface area is 83.9 Å². The van der Waals surface area contributed by atoms with Crippen LogP contribution in [-0.4, -0.2) is 0 Å². The molecule has 0 radical (unpaired) electrons. The Kier molecular flexibility index (Phi) is 5.05. The summed E-state index contributed by atoms with van der Waals surface area (Å²) in [6.07, 6.45) is 0. The number of hydrogen-bond acceptors (Lipinski definition) is 0. The molecule has 0 aliphatic rings. The zero-order chi connectivity index (χ0) is 9.14. The van der Waals surface area contributed by atoms with Crippen molar-refractivity contribution in [2.75, 3.05) is 0 Å². The van der Waals surface area contributed by atoms with Crippen LogP contribution in [-0.2, 0) is 0 Å². The molecule has 5 heteroatoms. The molecule has 66 valence electrons. The van der Waals surface area contributed by atoms with Gasteiger partial charge < -0.3 is 0 Å². The molecule has 1 rings (SSSR count). The van der Waals surface area contributed by atoms with Crippen molar-refractivity contribution in [2.45, 2.75) is 6.92 Å². The average Bonchev–Trinajstić information content (AvgIpc) is 2.03. The van der Waals surface area contributed by atoms with Crippen LogP contribution in [0.4, 0.5) is 0 Å². The fourth-order valence-corrected chi connectivity index (χ4v) is 3.70. The Balaban J connectivity index is 3.06. The summed E-state index contributed by atoms with van der Waals surface area (Å²) in [7, 11) is 9.23. The van der Waals surface area contributed by atoms with E-state index in [4.69, 9.17) is 0 Å². The maximum absolute atomic E-state index is 2.86. The molecule has 0 aliphatic carbocycles. The van der Waals surface area contributed by atoms with E-state index in [-0.39, 0.29) is 7.30 Å². The molecule has 4 atom stereocenters. The molecule has 1 aromatic carbocycles. The molecular weight excluding hydrogens is 239 g/mol. The molecule has 0 bridgehead atoms. The largest absolute Gasteiger partial charge is 0.110 e. The van der Waals surface area contributed by atoms with Crippen LogP contribution < -0.4 is 10.6 Å². The van der Waals surface area contributed by atoms with Gasteiger partial charge in [-0.05, 0) is 36.5 Å². The average molecular weight is 252 g/mol. The first kappa shape index (κ1) is 11.4. The van der Waals surface area contributed by atoms with Gasteiger partial charge in [0.05, 0.1) is 0 Å². The third-order valence-corrected chi connectivity index (χ3v) is 5.79. The second-order valence-corrected chi connectivity index (χ2v) is 10.8. The maximum Gasteiger partial charge on any atom is -0.0155 e. The second kappa shape index (κ2) is 5.30. The predicted octanol–water partition coefficient (Wildman–Crippen LogP) is 2.78. The summed E-state index contributed by atoms with van der Waals surface area (Å²) in [6, 6.07) is 6.81. The van der Waals surface area contributed by atoms with Gasteiger partial charge in [-0.1, -0.05) is 20.4 Å². The number of aryl methyl sites for hydroxylation is 1. The first-order chi connectivity index (χ1) is 5.63. The highest BCUT2D eigenvalue weighted by molar-refractivity contribution is 8.46. The van der Waals surface area contributed by atoms with Crippen LogP contribution >= 0.6 is 42.4 Å². The predicted molar refractivity (Wildman–Crippen MR) is 74.8 cm³/mol. The Morgan fingerprint density at radius 1 is 1.25 bits per heavy atom. The van der Waals surface area contributed by atoms with Crippen LogP contribution in [0.1, 0.15) is 5.56 Å². The zero-order valence-electron chi connectivity index (χ0n) is 6.91. The van der Waals surface area contributed by atoms with Gasteiger partial charge in [0.2, 0.25) is 0 Å². The lowest BCUT2D eigenvalue weighted by Crippen LogP contribution is -2.04. The Hall–Kier alpha value is 1.37. The van der Waals surface area contributed by atoms with Gasteiger partial charge in [-0.15, -0.1) is 26.8 Å². The minimum Gasteiger partial charge on any atom is -0.110 e. The second-order valence-electron chi connectivity index (χ2n) is 2.61. The number of hydrogen-bond donors (Lipinski definition) is 0. The molecule has 0 saturated carbocycles. The smallest absolute Gasteiger partial charge is 0.0155 e. The van der Waals surface area contributed by atoms with Gasteiger partial charge >= 0.3 is 0 Å². The first-order valence-electron chi connectivity index (χ1n) is 3.51. The van der Waals surface area contributed by atoms with Gasteiger partial charge in [-0.25, -0.2) is 0 Å². The normalized spacial score (nSPS) is 11.8. The van der Waals surface area contributed by atoms with Gasteiger partial charge in [0.1, 0.15) is 0 Å². The quantitative estimate of drug-likeness (QED) is 0.710. The summed E-state index contributed by atoms with van der Waals surface area (Å²) in [4.78, 5) is 0. The summed E-state index contributed by atoms with van der Waals surface area (Å²) >= 11 is 0. The highest BCUT2D eigenvalue weighted by Gasteiger charge is 2.00. The van der Waals surface area contributed by atoms with Gasteiger partial charge in [-0.3, -0.25) is 0 Å². The van der Waals surface area contributed by atoms with Gasteiger partial charge in [0.25, 0.3) is 0 Å². The summed E-state index contributed by atoms with van der Waals surface area (Å²) in [6.45, 7) is 2.16. The van der Waals surface area contributed by atoms with E-state index >= 15 is 0 Å². The van der Waals surface area contributed by atoms with E-state index in [0.29, 0.717) is 0 Å². The summed E-state index contributed by atoms with van der Waals surface area (Å²) in [5, 5.41) is 2.89. The van der Waals surface area contributed by atoms with E-state index < -0.39 is 0 Å². The standard InChI is InChI=1S/C7H13P5/c1-5-2-6(11-8)4-7(3-5)12(9)10/h2-4,11H,8-10H2,1H3. The number of benzene rings is 1. The molecule has 12 heavy (non-hydrogen) atoms. The first-order valence-corrected chi connectivity index (χ1v) is 10.9. The Bertz CT molecular complexity index is 270. The zero-order valence-corrected chi connectivity index (χ0v) is 12.3. The van der Waals surface area contributed by atoms with Crippen molar-refractivity contribution in [1.82, 2.24) is 0 Å². The van der Waals surface area contributed by atoms with E-state index in [1.54, 1.807) is 0 Å². The molecule has 0 saturated heterocycles. The Morgan fingerprint density at radius 3 is 2.42 bits per heavy atom. The van der Waals surface area contributed by atoms with E-state index in [0.717, 1.165) is 8.27 Å². The van der Waals surface area contributed by atoms with Crippen molar-refractivity contribution in [1.29, 1.82) is 0 Å². The summed E-state index contributed by atoms with van der Waals surface area (Å²) in [5.41, 5.74) is 1.37. The molecule has 0 N–H and O–H groups in total. The lowest BCUT2D eigenvalue weighted by molar-refractivity contribution is 1.52. The van der Waals surface area contributed by atoms with Crippen LogP contribution in [0.5, 0.6) is 0 Å². The van der Waals surface area contributed by atoms with Crippen molar-refractivity contribution in [2.24, 2.45) is 0 Å². The van der Waals surface area contributed by atoms with Crippen molar-refractivity contribution >= 4 is 53.0 Å². The molecular formula is C7H13P5.